The lowest BCUT2D eigenvalue weighted by Gasteiger charge is -2.08. The molecule has 0 amide bonds. The van der Waals surface area contributed by atoms with Crippen molar-refractivity contribution in [3.63, 3.8) is 0 Å². The van der Waals surface area contributed by atoms with Crippen LogP contribution in [0.3, 0.4) is 0 Å². The lowest BCUT2D eigenvalue weighted by molar-refractivity contribution is 0.318. The Hall–Kier alpha value is -1.20. The van der Waals surface area contributed by atoms with Gasteiger partial charge in [-0.3, -0.25) is 0 Å². The van der Waals surface area contributed by atoms with Crippen molar-refractivity contribution in [1.82, 2.24) is 5.32 Å². The fourth-order valence-corrected chi connectivity index (χ4v) is 1.72. The van der Waals surface area contributed by atoms with Crippen molar-refractivity contribution in [3.05, 3.63) is 35.4 Å². The summed E-state index contributed by atoms with van der Waals surface area (Å²) in [6, 6.07) is 7.64. The zero-order chi connectivity index (χ0) is 11.8. The van der Waals surface area contributed by atoms with Crippen molar-refractivity contribution >= 4 is 17.6 Å². The molecule has 0 bridgehead atoms. The Bertz CT molecular complexity index is 355. The number of hydrogen-bond donors (Lipinski definition) is 3. The number of hydrogen-bond acceptors (Lipinski definition) is 4. The number of nitrogens with two attached hydrogens (primary N) is 1. The van der Waals surface area contributed by atoms with Crippen LogP contribution >= 0.6 is 11.8 Å². The normalized spacial score (nSPS) is 11.7. The van der Waals surface area contributed by atoms with Crippen LogP contribution in [-0.2, 0) is 6.54 Å². The lowest BCUT2D eigenvalue weighted by Crippen LogP contribution is -2.21. The standard InChI is InChI=1S/C11H17N3OS/c1-16-7-6-13-8-9-4-2-3-5-10(9)11(12)14-15/h2-5,13,15H,6-8H2,1H3,(H2,12,14). The van der Waals surface area contributed by atoms with Gasteiger partial charge >= 0.3 is 0 Å². The second-order valence-electron chi connectivity index (χ2n) is 3.31. The third kappa shape index (κ3) is 3.75. The van der Waals surface area contributed by atoms with Crippen molar-refractivity contribution in [1.29, 1.82) is 0 Å². The molecule has 0 aliphatic rings. The Balaban J connectivity index is 2.64. The van der Waals surface area contributed by atoms with Gasteiger partial charge in [0.25, 0.3) is 0 Å². The zero-order valence-electron chi connectivity index (χ0n) is 9.31. The molecule has 0 fully saturated rings. The topological polar surface area (TPSA) is 70.6 Å². The van der Waals surface area contributed by atoms with Crippen molar-refractivity contribution in [2.24, 2.45) is 10.9 Å². The first-order valence-electron chi connectivity index (χ1n) is 5.05. The number of rotatable bonds is 6. The molecule has 1 aromatic carbocycles. The quantitative estimate of drug-likeness (QED) is 0.230. The van der Waals surface area contributed by atoms with Crippen molar-refractivity contribution in [2.45, 2.75) is 6.54 Å². The Morgan fingerprint density at radius 1 is 1.50 bits per heavy atom. The highest BCUT2D eigenvalue weighted by Gasteiger charge is 2.05. The highest BCUT2D eigenvalue weighted by atomic mass is 32.2. The average molecular weight is 239 g/mol. The van der Waals surface area contributed by atoms with Gasteiger partial charge in [-0.2, -0.15) is 11.8 Å². The van der Waals surface area contributed by atoms with Crippen molar-refractivity contribution < 1.29 is 5.21 Å². The molecule has 0 atom stereocenters. The molecule has 0 unspecified atom stereocenters. The fraction of sp³-hybridized carbons (Fsp3) is 0.364. The van der Waals surface area contributed by atoms with Gasteiger partial charge in [-0.25, -0.2) is 0 Å². The van der Waals surface area contributed by atoms with Crippen LogP contribution in [0.25, 0.3) is 0 Å². The molecule has 0 aliphatic carbocycles. The van der Waals surface area contributed by atoms with E-state index in [1.54, 1.807) is 11.8 Å². The SMILES string of the molecule is CSCCNCc1ccccc1C(N)=NO. The molecule has 4 nitrogen and oxygen atoms in total. The van der Waals surface area contributed by atoms with Crippen LogP contribution in [0.5, 0.6) is 0 Å². The van der Waals surface area contributed by atoms with Crippen LogP contribution in [0.2, 0.25) is 0 Å². The van der Waals surface area contributed by atoms with Gasteiger partial charge in [0.05, 0.1) is 0 Å². The number of amidine groups is 1. The third-order valence-electron chi connectivity index (χ3n) is 2.20. The molecule has 0 saturated carbocycles. The van der Waals surface area contributed by atoms with Gasteiger partial charge < -0.3 is 16.3 Å². The van der Waals surface area contributed by atoms with E-state index in [0.717, 1.165) is 30.0 Å². The maximum atomic E-state index is 8.66. The molecule has 0 heterocycles. The molecule has 88 valence electrons. The van der Waals surface area contributed by atoms with Crippen LogP contribution in [-0.4, -0.2) is 29.6 Å². The van der Waals surface area contributed by atoms with E-state index in [2.05, 4.69) is 16.7 Å². The fourth-order valence-electron chi connectivity index (χ4n) is 1.38. The van der Waals surface area contributed by atoms with Crippen LogP contribution in [0.1, 0.15) is 11.1 Å². The molecule has 0 radical (unpaired) electrons. The summed E-state index contributed by atoms with van der Waals surface area (Å²) < 4.78 is 0. The molecule has 4 N–H and O–H groups in total. The summed E-state index contributed by atoms with van der Waals surface area (Å²) in [5.74, 6) is 1.23. The van der Waals surface area contributed by atoms with Crippen LogP contribution in [0.4, 0.5) is 0 Å². The second kappa shape index (κ2) is 7.14. The monoisotopic (exact) mass is 239 g/mol. The van der Waals surface area contributed by atoms with E-state index >= 15 is 0 Å². The Morgan fingerprint density at radius 3 is 2.94 bits per heavy atom. The average Bonchev–Trinajstić information content (AvgIpc) is 2.34. The number of benzene rings is 1. The zero-order valence-corrected chi connectivity index (χ0v) is 10.1. The summed E-state index contributed by atoms with van der Waals surface area (Å²) in [6.07, 6.45) is 2.08. The number of nitrogens with one attached hydrogen (secondary N) is 1. The first-order valence-corrected chi connectivity index (χ1v) is 6.44. The minimum absolute atomic E-state index is 0.155. The highest BCUT2D eigenvalue weighted by Crippen LogP contribution is 2.08. The molecule has 0 aromatic heterocycles. The summed E-state index contributed by atoms with van der Waals surface area (Å²) in [4.78, 5) is 0. The van der Waals surface area contributed by atoms with Gasteiger partial charge in [0, 0.05) is 24.4 Å². The first kappa shape index (κ1) is 12.9. The molecule has 1 aromatic rings. The minimum Gasteiger partial charge on any atom is -0.409 e. The van der Waals surface area contributed by atoms with Crippen LogP contribution in [0, 0.1) is 0 Å². The summed E-state index contributed by atoms with van der Waals surface area (Å²) in [5, 5.41) is 15.0. The van der Waals surface area contributed by atoms with E-state index < -0.39 is 0 Å². The van der Waals surface area contributed by atoms with Gasteiger partial charge in [0.15, 0.2) is 5.84 Å². The smallest absolute Gasteiger partial charge is 0.170 e. The number of oxime groups is 1. The predicted molar refractivity (Wildman–Crippen MR) is 69.0 cm³/mol. The Labute approximate surface area is 99.9 Å². The van der Waals surface area contributed by atoms with E-state index in [0.29, 0.717) is 0 Å². The Morgan fingerprint density at radius 2 is 2.25 bits per heavy atom. The summed E-state index contributed by atoms with van der Waals surface area (Å²) in [5.41, 5.74) is 7.41. The maximum absolute atomic E-state index is 8.66. The van der Waals surface area contributed by atoms with Gasteiger partial charge in [0.1, 0.15) is 0 Å². The van der Waals surface area contributed by atoms with Crippen molar-refractivity contribution in [3.8, 4) is 0 Å². The van der Waals surface area contributed by atoms with Gasteiger partial charge in [-0.05, 0) is 11.8 Å². The number of thioether (sulfide) groups is 1. The third-order valence-corrected chi connectivity index (χ3v) is 2.81. The molecule has 1 rings (SSSR count). The molecular weight excluding hydrogens is 222 g/mol. The van der Waals surface area contributed by atoms with E-state index in [-0.39, 0.29) is 5.84 Å². The largest absolute Gasteiger partial charge is 0.409 e. The van der Waals surface area contributed by atoms with Gasteiger partial charge in [0.2, 0.25) is 0 Å². The van der Waals surface area contributed by atoms with Crippen LogP contribution in [0.15, 0.2) is 29.4 Å². The predicted octanol–water partition coefficient (Wildman–Crippen LogP) is 1.23. The van der Waals surface area contributed by atoms with Crippen LogP contribution < -0.4 is 11.1 Å². The highest BCUT2D eigenvalue weighted by molar-refractivity contribution is 7.98. The van der Waals surface area contributed by atoms with E-state index in [1.165, 1.54) is 0 Å². The van der Waals surface area contributed by atoms with E-state index in [1.807, 2.05) is 24.3 Å². The summed E-state index contributed by atoms with van der Waals surface area (Å²) in [6.45, 7) is 1.68. The first-order chi connectivity index (χ1) is 7.79. The van der Waals surface area contributed by atoms with Gasteiger partial charge in [-0.1, -0.05) is 29.4 Å². The molecule has 0 saturated heterocycles. The summed E-state index contributed by atoms with van der Waals surface area (Å²) in [7, 11) is 0. The molecule has 0 spiro atoms. The van der Waals surface area contributed by atoms with Gasteiger partial charge in [-0.15, -0.1) is 0 Å². The lowest BCUT2D eigenvalue weighted by atomic mass is 10.1. The summed E-state index contributed by atoms with van der Waals surface area (Å²) >= 11 is 1.80. The van der Waals surface area contributed by atoms with Crippen molar-refractivity contribution in [2.75, 3.05) is 18.6 Å². The number of nitrogens with zero attached hydrogens (tertiary/aromatic N) is 1. The Kier molecular flexibility index (Phi) is 5.74. The molecule has 0 aliphatic heterocycles. The maximum Gasteiger partial charge on any atom is 0.170 e. The van der Waals surface area contributed by atoms with E-state index in [4.69, 9.17) is 10.9 Å². The molecular formula is C11H17N3OS. The second-order valence-corrected chi connectivity index (χ2v) is 4.30. The molecule has 16 heavy (non-hydrogen) atoms. The molecule has 5 heteroatoms. The van der Waals surface area contributed by atoms with E-state index in [9.17, 15) is 0 Å². The minimum atomic E-state index is 0.155.